The van der Waals surface area contributed by atoms with Gasteiger partial charge in [0.15, 0.2) is 0 Å². The van der Waals surface area contributed by atoms with Gasteiger partial charge in [0, 0.05) is 53.4 Å². The molecular formula is C49H53N3O4. The van der Waals surface area contributed by atoms with Gasteiger partial charge in [-0.3, -0.25) is 4.99 Å². The second-order valence-corrected chi connectivity index (χ2v) is 15.1. The number of aliphatic imine (C=N–C) groups is 1. The molecule has 288 valence electrons. The summed E-state index contributed by atoms with van der Waals surface area (Å²) in [6.45, 7) is 13.0. The molecule has 0 bridgehead atoms. The highest BCUT2D eigenvalue weighted by Crippen LogP contribution is 2.48. The molecule has 0 fully saturated rings. The van der Waals surface area contributed by atoms with Crippen molar-refractivity contribution in [1.82, 2.24) is 0 Å². The smallest absolute Gasteiger partial charge is 0.338 e. The number of benzene rings is 4. The summed E-state index contributed by atoms with van der Waals surface area (Å²) in [7, 11) is 3.92. The fraction of sp³-hybridized carbons (Fsp3) is 0.286. The minimum Gasteiger partial charge on any atom is -0.462 e. The number of carbonyl (C=O) groups is 2. The number of carbonyl (C=O) groups excluding carboxylic acids is 2. The van der Waals surface area contributed by atoms with Crippen molar-refractivity contribution in [2.24, 2.45) is 4.99 Å². The molecular weight excluding hydrogens is 695 g/mol. The van der Waals surface area contributed by atoms with Crippen LogP contribution in [0.3, 0.4) is 0 Å². The summed E-state index contributed by atoms with van der Waals surface area (Å²) >= 11 is 0. The zero-order chi connectivity index (χ0) is 40.0. The number of allylic oxidation sites excluding steroid dienone is 7. The monoisotopic (exact) mass is 747 g/mol. The van der Waals surface area contributed by atoms with Crippen molar-refractivity contribution in [1.29, 1.82) is 0 Å². The Morgan fingerprint density at radius 1 is 0.804 bits per heavy atom. The zero-order valence-corrected chi connectivity index (χ0v) is 33.9. The Hall–Kier alpha value is -5.95. The molecule has 0 saturated carbocycles. The molecule has 7 nitrogen and oxygen atoms in total. The molecule has 1 aliphatic heterocycles. The maximum atomic E-state index is 12.7. The third-order valence-corrected chi connectivity index (χ3v) is 10.9. The number of rotatable bonds is 12. The van der Waals surface area contributed by atoms with Crippen LogP contribution in [0.25, 0.3) is 0 Å². The number of ether oxygens (including phenoxy) is 2. The molecule has 0 radical (unpaired) electrons. The molecule has 6 rings (SSSR count). The molecule has 0 spiro atoms. The Bertz CT molecular complexity index is 2200. The van der Waals surface area contributed by atoms with E-state index in [2.05, 4.69) is 117 Å². The summed E-state index contributed by atoms with van der Waals surface area (Å²) < 4.78 is 10.6. The maximum absolute atomic E-state index is 12.7. The number of para-hydroxylation sites is 2. The van der Waals surface area contributed by atoms with Crippen molar-refractivity contribution >= 4 is 34.7 Å². The van der Waals surface area contributed by atoms with Crippen LogP contribution in [0.1, 0.15) is 86.2 Å². The standard InChI is InChI=1S/C49H53N3O4/c1-9-55-46(53)36-18-17-19-38(32-36)48(3,4)43(50-7)30-27-34-24-25-35(45(34)52(39-20-13-11-14-21-39)40-22-15-12-16-23-40)28-31-44-49(5,6)41-33-37(47(54)56-10-2)26-29-42(41)51(44)8/h11-23,26-33H,9-10,24-25H2,1-8H3/b30-27+,35-28+,44-31+,50-43+. The first kappa shape index (κ1) is 39.7. The van der Waals surface area contributed by atoms with Crippen LogP contribution in [-0.2, 0) is 20.3 Å². The average Bonchev–Trinajstić information content (AvgIpc) is 3.68. The zero-order valence-electron chi connectivity index (χ0n) is 33.9. The van der Waals surface area contributed by atoms with E-state index in [9.17, 15) is 9.59 Å². The van der Waals surface area contributed by atoms with E-state index in [1.807, 2.05) is 69.4 Å². The third kappa shape index (κ3) is 7.90. The molecule has 0 unspecified atom stereocenters. The van der Waals surface area contributed by atoms with Crippen LogP contribution in [0.2, 0.25) is 0 Å². The van der Waals surface area contributed by atoms with Crippen LogP contribution >= 0.6 is 0 Å². The van der Waals surface area contributed by atoms with Gasteiger partial charge in [0.25, 0.3) is 0 Å². The molecule has 7 heteroatoms. The van der Waals surface area contributed by atoms with E-state index in [0.717, 1.165) is 58.1 Å². The van der Waals surface area contributed by atoms with E-state index in [0.29, 0.717) is 24.3 Å². The van der Waals surface area contributed by atoms with Gasteiger partial charge in [-0.05, 0) is 116 Å². The van der Waals surface area contributed by atoms with Crippen LogP contribution in [0, 0.1) is 0 Å². The van der Waals surface area contributed by atoms with Gasteiger partial charge < -0.3 is 19.3 Å². The second kappa shape index (κ2) is 16.8. The van der Waals surface area contributed by atoms with Crippen molar-refractivity contribution in [2.75, 3.05) is 37.1 Å². The quantitative estimate of drug-likeness (QED) is 0.106. The Morgan fingerprint density at radius 3 is 2.00 bits per heavy atom. The van der Waals surface area contributed by atoms with Gasteiger partial charge in [0.1, 0.15) is 0 Å². The van der Waals surface area contributed by atoms with Crippen LogP contribution in [0.5, 0.6) is 0 Å². The SMILES string of the molecule is CCOC(=O)c1cccc(C(C)(C)C(/C=C/C2=C(N(c3ccccc3)c3ccccc3)C(=C/C=C3/N(C)c4ccc(C(=O)OCC)cc4C3(C)C)/CC2)=N/C)c1. The predicted molar refractivity (Wildman–Crippen MR) is 229 cm³/mol. The van der Waals surface area contributed by atoms with E-state index >= 15 is 0 Å². The number of hydrogen-bond acceptors (Lipinski definition) is 7. The molecule has 4 aromatic rings. The maximum Gasteiger partial charge on any atom is 0.338 e. The van der Waals surface area contributed by atoms with Crippen molar-refractivity contribution < 1.29 is 19.1 Å². The summed E-state index contributed by atoms with van der Waals surface area (Å²) in [6.07, 6.45) is 10.6. The van der Waals surface area contributed by atoms with E-state index in [-0.39, 0.29) is 17.4 Å². The Labute approximate surface area is 332 Å². The van der Waals surface area contributed by atoms with E-state index < -0.39 is 5.41 Å². The molecule has 4 aromatic carbocycles. The lowest BCUT2D eigenvalue weighted by Gasteiger charge is -2.29. The molecule has 0 atom stereocenters. The van der Waals surface area contributed by atoms with Crippen molar-refractivity contribution in [3.05, 3.63) is 172 Å². The number of anilines is 3. The van der Waals surface area contributed by atoms with Gasteiger partial charge in [-0.15, -0.1) is 0 Å². The third-order valence-electron chi connectivity index (χ3n) is 10.9. The molecule has 0 saturated heterocycles. The van der Waals surface area contributed by atoms with Crippen molar-refractivity contribution in [2.45, 2.75) is 65.2 Å². The van der Waals surface area contributed by atoms with Gasteiger partial charge in [-0.25, -0.2) is 9.59 Å². The lowest BCUT2D eigenvalue weighted by atomic mass is 9.79. The summed E-state index contributed by atoms with van der Waals surface area (Å²) in [4.78, 5) is 34.7. The topological polar surface area (TPSA) is 71.4 Å². The van der Waals surface area contributed by atoms with Crippen LogP contribution in [0.15, 0.2) is 155 Å². The fourth-order valence-corrected chi connectivity index (χ4v) is 7.88. The molecule has 1 aliphatic carbocycles. The number of nitrogens with zero attached hydrogens (tertiary/aromatic N) is 3. The number of esters is 2. The highest BCUT2D eigenvalue weighted by atomic mass is 16.5. The molecule has 0 N–H and O–H groups in total. The number of likely N-dealkylation sites (N-methyl/N-ethyl adjacent to an activating group) is 1. The lowest BCUT2D eigenvalue weighted by Crippen LogP contribution is -2.28. The molecule has 0 aromatic heterocycles. The van der Waals surface area contributed by atoms with Gasteiger partial charge in [0.05, 0.1) is 30.0 Å². The lowest BCUT2D eigenvalue weighted by molar-refractivity contribution is 0.0516. The average molecular weight is 748 g/mol. The first-order chi connectivity index (χ1) is 26.9. The number of fused-ring (bicyclic) bond motifs is 1. The van der Waals surface area contributed by atoms with Crippen molar-refractivity contribution in [3.8, 4) is 0 Å². The van der Waals surface area contributed by atoms with Crippen LogP contribution < -0.4 is 9.80 Å². The Morgan fingerprint density at radius 2 is 1.41 bits per heavy atom. The predicted octanol–water partition coefficient (Wildman–Crippen LogP) is 11.1. The number of hydrogen-bond donors (Lipinski definition) is 0. The van der Waals surface area contributed by atoms with E-state index in [1.165, 1.54) is 11.1 Å². The molecule has 1 heterocycles. The summed E-state index contributed by atoms with van der Waals surface area (Å²) in [5, 5.41) is 0. The fourth-order valence-electron chi connectivity index (χ4n) is 7.88. The molecule has 2 aliphatic rings. The van der Waals surface area contributed by atoms with Crippen LogP contribution in [0.4, 0.5) is 17.1 Å². The first-order valence-corrected chi connectivity index (χ1v) is 19.5. The Kier molecular flexibility index (Phi) is 11.9. The first-order valence-electron chi connectivity index (χ1n) is 19.5. The Balaban J connectivity index is 1.45. The van der Waals surface area contributed by atoms with Crippen LogP contribution in [-0.4, -0.2) is 45.0 Å². The van der Waals surface area contributed by atoms with E-state index in [1.54, 1.807) is 6.07 Å². The summed E-state index contributed by atoms with van der Waals surface area (Å²) in [5.74, 6) is -0.633. The van der Waals surface area contributed by atoms with Gasteiger partial charge in [-0.2, -0.15) is 0 Å². The largest absolute Gasteiger partial charge is 0.462 e. The normalized spacial score (nSPS) is 16.9. The molecule has 0 amide bonds. The van der Waals surface area contributed by atoms with E-state index in [4.69, 9.17) is 14.5 Å². The summed E-state index contributed by atoms with van der Waals surface area (Å²) in [6, 6.07) is 34.5. The van der Waals surface area contributed by atoms with Crippen molar-refractivity contribution in [3.63, 3.8) is 0 Å². The van der Waals surface area contributed by atoms with Gasteiger partial charge in [0.2, 0.25) is 0 Å². The van der Waals surface area contributed by atoms with Gasteiger partial charge in [-0.1, -0.05) is 88.4 Å². The molecule has 56 heavy (non-hydrogen) atoms. The minimum absolute atomic E-state index is 0.304. The van der Waals surface area contributed by atoms with Gasteiger partial charge >= 0.3 is 11.9 Å². The highest BCUT2D eigenvalue weighted by Gasteiger charge is 2.39. The summed E-state index contributed by atoms with van der Waals surface area (Å²) in [5.41, 5.74) is 11.1. The highest BCUT2D eigenvalue weighted by molar-refractivity contribution is 6.03. The second-order valence-electron chi connectivity index (χ2n) is 15.1. The minimum atomic E-state index is -0.491.